The maximum Gasteiger partial charge on any atom is 0.247 e. The van der Waals surface area contributed by atoms with Gasteiger partial charge in [-0.05, 0) is 153 Å². The summed E-state index contributed by atoms with van der Waals surface area (Å²) in [5.41, 5.74) is 19.3. The van der Waals surface area contributed by atoms with Gasteiger partial charge in [-0.25, -0.2) is 63.9 Å². The first-order valence-corrected chi connectivity index (χ1v) is 39.8. The van der Waals surface area contributed by atoms with Gasteiger partial charge in [0.25, 0.3) is 0 Å². The highest BCUT2D eigenvalue weighted by molar-refractivity contribution is 5.99. The van der Waals surface area contributed by atoms with E-state index in [0.29, 0.717) is 90.7 Å². The van der Waals surface area contributed by atoms with Crippen LogP contribution in [0.15, 0.2) is 277 Å². The number of hydrogen-bond acceptors (Lipinski definition) is 28. The van der Waals surface area contributed by atoms with Crippen molar-refractivity contribution in [3.05, 3.63) is 305 Å². The highest BCUT2D eigenvalue weighted by atomic mass is 19.1. The van der Waals surface area contributed by atoms with E-state index in [4.69, 9.17) is 0 Å². The molecule has 0 saturated carbocycles. The molecule has 0 bridgehead atoms. The van der Waals surface area contributed by atoms with Crippen molar-refractivity contribution >= 4 is 91.2 Å². The second-order valence-corrected chi connectivity index (χ2v) is 28.9. The molecular weight excluding hydrogens is 1640 g/mol. The Bertz CT molecular complexity index is 7190. The number of pyridine rings is 9. The molecule has 4 N–H and O–H groups in total. The molecule has 20 heterocycles. The maximum absolute atomic E-state index is 14.7. The monoisotopic (exact) mass is 1710 g/mol. The fourth-order valence-corrected chi connectivity index (χ4v) is 14.0. The number of carbonyl (C=O) groups is 4. The van der Waals surface area contributed by atoms with Gasteiger partial charge in [-0.1, -0.05) is 0 Å². The van der Waals surface area contributed by atoms with Crippen LogP contribution in [0.25, 0.3) is 134 Å². The van der Waals surface area contributed by atoms with Crippen molar-refractivity contribution in [2.45, 2.75) is 53.9 Å². The molecule has 0 aliphatic heterocycles. The second-order valence-electron chi connectivity index (χ2n) is 28.9. The third kappa shape index (κ3) is 19.5. The lowest BCUT2D eigenvalue weighted by atomic mass is 10.00. The number of aromatic nitrogens is 29. The van der Waals surface area contributed by atoms with Gasteiger partial charge in [0.05, 0.1) is 77.4 Å². The van der Waals surface area contributed by atoms with Crippen LogP contribution in [0, 0.1) is 33.5 Å². The van der Waals surface area contributed by atoms with Crippen molar-refractivity contribution in [3.63, 3.8) is 0 Å². The van der Waals surface area contributed by atoms with Gasteiger partial charge in [-0.15, -0.1) is 0 Å². The number of anilines is 4. The van der Waals surface area contributed by atoms with E-state index in [1.807, 2.05) is 119 Å². The van der Waals surface area contributed by atoms with Gasteiger partial charge in [0.1, 0.15) is 96.1 Å². The van der Waals surface area contributed by atoms with E-state index < -0.39 is 5.82 Å². The van der Waals surface area contributed by atoms with Crippen LogP contribution in [0.4, 0.5) is 27.7 Å². The molecule has 0 radical (unpaired) electrons. The number of halogens is 1. The number of amides is 4. The number of carbonyl (C=O) groups excluding carboxylic acids is 4. The SMILES string of the molecule is Cc1cc(-c2c(C)cnc3c2ccn3CC(=O)Nc2ccc(-c3cnccn3)cn2)ccn1.Cc1cc(-c2c(F)cnc3c2ccn3CC(=O)Nc2ccc(-c3cnccn3)cn2)ccn1.Cc1cc(-c2ncnc3c2ncn3CC(=O)Nc2ccc(-c3cnccn3)cn2)ccn1.Cn1nccc1-c1ncnc2c1cnn2CC(=O)Nc1ccc(-c2cnccn2)cn1. The molecule has 0 atom stereocenters. The van der Waals surface area contributed by atoms with E-state index in [1.54, 1.807) is 187 Å². The smallest absolute Gasteiger partial charge is 0.247 e. The summed E-state index contributed by atoms with van der Waals surface area (Å²) in [6.07, 6.45) is 45.7. The van der Waals surface area contributed by atoms with Crippen LogP contribution in [0.3, 0.4) is 0 Å². The number of imidazole rings is 1. The first-order valence-electron chi connectivity index (χ1n) is 39.8. The molecule has 20 aromatic heterocycles. The number of nitrogens with zero attached hydrogens (tertiary/aromatic N) is 29. The van der Waals surface area contributed by atoms with Crippen LogP contribution in [0.1, 0.15) is 22.6 Å². The molecule has 20 aromatic rings. The van der Waals surface area contributed by atoms with Crippen LogP contribution >= 0.6 is 0 Å². The average molecular weight is 1710 g/mol. The summed E-state index contributed by atoms with van der Waals surface area (Å²) in [4.78, 5) is 144. The molecular formula is C91H72FN33O4. The lowest BCUT2D eigenvalue weighted by Gasteiger charge is -2.10. The predicted octanol–water partition coefficient (Wildman–Crippen LogP) is 12.6. The van der Waals surface area contributed by atoms with E-state index in [2.05, 4.69) is 147 Å². The normalized spacial score (nSPS) is 11.0. The Kier molecular flexibility index (Phi) is 24.6. The Morgan fingerprint density at radius 1 is 0.326 bits per heavy atom. The van der Waals surface area contributed by atoms with E-state index >= 15 is 0 Å². The summed E-state index contributed by atoms with van der Waals surface area (Å²) < 4.78 is 23.1. The molecule has 20 rings (SSSR count). The van der Waals surface area contributed by atoms with Gasteiger partial charge in [-0.3, -0.25) is 78.7 Å². The van der Waals surface area contributed by atoms with E-state index in [0.717, 1.165) is 89.4 Å². The molecule has 37 nitrogen and oxygen atoms in total. The fraction of sp³-hybridized carbons (Fsp3) is 0.0989. The van der Waals surface area contributed by atoms with E-state index in [1.165, 1.54) is 23.5 Å². The Morgan fingerprint density at radius 2 is 0.752 bits per heavy atom. The first kappa shape index (κ1) is 83.1. The van der Waals surface area contributed by atoms with Gasteiger partial charge in [0.15, 0.2) is 11.3 Å². The van der Waals surface area contributed by atoms with Gasteiger partial charge < -0.3 is 35.0 Å². The second kappa shape index (κ2) is 38.1. The number of nitrogens with one attached hydrogen (secondary N) is 4. The summed E-state index contributed by atoms with van der Waals surface area (Å²) in [6.45, 7) is 7.93. The zero-order valence-electron chi connectivity index (χ0n) is 69.3. The largest absolute Gasteiger partial charge is 0.323 e. The van der Waals surface area contributed by atoms with Crippen molar-refractivity contribution in [1.29, 1.82) is 0 Å². The van der Waals surface area contributed by atoms with Crippen molar-refractivity contribution in [2.24, 2.45) is 7.05 Å². The summed E-state index contributed by atoms with van der Waals surface area (Å²) in [7, 11) is 1.84. The van der Waals surface area contributed by atoms with Crippen molar-refractivity contribution in [2.75, 3.05) is 21.3 Å². The highest BCUT2D eigenvalue weighted by Crippen LogP contribution is 2.35. The molecule has 0 aliphatic rings. The Balaban J connectivity index is 0.000000121. The molecule has 0 spiro atoms. The molecule has 632 valence electrons. The summed E-state index contributed by atoms with van der Waals surface area (Å²) in [5.74, 6) is 0.346. The van der Waals surface area contributed by atoms with Crippen LogP contribution in [0.2, 0.25) is 0 Å². The molecule has 38 heteroatoms. The van der Waals surface area contributed by atoms with Gasteiger partial charge in [0, 0.05) is 186 Å². The molecule has 0 aromatic carbocycles. The minimum absolute atomic E-state index is 0.00450. The van der Waals surface area contributed by atoms with Crippen LogP contribution in [0.5, 0.6) is 0 Å². The topological polar surface area (TPSA) is 450 Å². The van der Waals surface area contributed by atoms with Gasteiger partial charge >= 0.3 is 0 Å². The van der Waals surface area contributed by atoms with Crippen LogP contribution in [-0.4, -0.2) is 167 Å². The number of aryl methyl sites for hydroxylation is 5. The minimum Gasteiger partial charge on any atom is -0.323 e. The fourth-order valence-electron chi connectivity index (χ4n) is 14.0. The highest BCUT2D eigenvalue weighted by Gasteiger charge is 2.22. The first-order chi connectivity index (χ1) is 63.0. The van der Waals surface area contributed by atoms with E-state index in [-0.39, 0.29) is 49.8 Å². The lowest BCUT2D eigenvalue weighted by Crippen LogP contribution is -2.20. The predicted molar refractivity (Wildman–Crippen MR) is 476 cm³/mol. The van der Waals surface area contributed by atoms with Crippen molar-refractivity contribution in [1.82, 2.24) is 143 Å². The summed E-state index contributed by atoms with van der Waals surface area (Å²) >= 11 is 0. The molecule has 0 aliphatic carbocycles. The molecule has 0 saturated heterocycles. The standard InChI is InChI=1S/C25H21N7O.C24H18FN7O.C22H17N9O.C20H16N10O/c1-16-12-30-25-20(24(16)18-5-7-27-17(2)11-18)6-10-32(25)15-23(33)31-22-4-3-19(13-29-22)21-14-26-8-9-28-21;1-15-10-16(4-6-27-15)23-18-5-9-32(24(18)30-12-19(23)25)14-22(33)31-21-3-2-17(11-29-21)20-13-26-7-8-28-20;1-14-8-15(4-5-24-14)20-21-22(28-12-27-20)31(13-29-21)11-19(32)30-18-3-2-16(9-26-18)17-10-23-6-7-25-17;1-29-16(4-5-26-29)19-14-9-27-30(20(14)25-12-24-19)11-18(31)28-17-3-2-13(8-23-17)15-10-21-6-7-22-15/h3-14H,15H2,1-2H3,(H,29,31,33);2-13H,14H2,1H3,(H,29,31,33);2-10,12-13H,11H2,1H3,(H,26,30,32);2-10,12H,11H2,1H3,(H,23,28,31). The third-order valence-electron chi connectivity index (χ3n) is 20.0. The van der Waals surface area contributed by atoms with Gasteiger partial charge in [0.2, 0.25) is 23.6 Å². The molecule has 0 unspecified atom stereocenters. The molecule has 4 amide bonds. The summed E-state index contributed by atoms with van der Waals surface area (Å²) in [6, 6.07) is 31.3. The Labute approximate surface area is 731 Å². The van der Waals surface area contributed by atoms with Crippen LogP contribution < -0.4 is 21.3 Å². The molecule has 129 heavy (non-hydrogen) atoms. The number of rotatable bonds is 20. The zero-order chi connectivity index (χ0) is 88.7. The van der Waals surface area contributed by atoms with Crippen molar-refractivity contribution < 1.29 is 23.6 Å². The average Bonchev–Trinajstić information content (AvgIpc) is 1.68. The number of hydrogen-bond donors (Lipinski definition) is 4. The summed E-state index contributed by atoms with van der Waals surface area (Å²) in [5, 5.41) is 22.0. The van der Waals surface area contributed by atoms with Crippen LogP contribution in [-0.2, 0) is 52.4 Å². The third-order valence-corrected chi connectivity index (χ3v) is 20.0. The Hall–Kier alpha value is -18.1. The van der Waals surface area contributed by atoms with Crippen molar-refractivity contribution in [3.8, 4) is 89.9 Å². The zero-order valence-corrected chi connectivity index (χ0v) is 69.3. The number of fused-ring (bicyclic) bond motifs is 4. The maximum atomic E-state index is 14.7. The minimum atomic E-state index is -0.428. The molecule has 0 fully saturated rings. The van der Waals surface area contributed by atoms with Gasteiger partial charge in [-0.2, -0.15) is 10.2 Å². The van der Waals surface area contributed by atoms with E-state index in [9.17, 15) is 23.6 Å². The Morgan fingerprint density at radius 3 is 1.19 bits per heavy atom. The lowest BCUT2D eigenvalue weighted by molar-refractivity contribution is -0.117. The quantitative estimate of drug-likeness (QED) is 0.0550.